The Kier molecular flexibility index (Phi) is 4.75. The summed E-state index contributed by atoms with van der Waals surface area (Å²) < 4.78 is 0. The molecule has 27 heavy (non-hydrogen) atoms. The normalized spacial score (nSPS) is 14.4. The summed E-state index contributed by atoms with van der Waals surface area (Å²) in [6.07, 6.45) is 3.46. The van der Waals surface area contributed by atoms with Crippen LogP contribution in [0.25, 0.3) is 11.0 Å². The van der Waals surface area contributed by atoms with Gasteiger partial charge in [0.15, 0.2) is 11.5 Å². The molecule has 5 heteroatoms. The molecule has 5 nitrogen and oxygen atoms in total. The summed E-state index contributed by atoms with van der Waals surface area (Å²) in [6, 6.07) is 13.6. The summed E-state index contributed by atoms with van der Waals surface area (Å²) in [5, 5.41) is 3.04. The highest BCUT2D eigenvalue weighted by Crippen LogP contribution is 2.26. The highest BCUT2D eigenvalue weighted by molar-refractivity contribution is 6.07. The van der Waals surface area contributed by atoms with Gasteiger partial charge in [-0.2, -0.15) is 0 Å². The third kappa shape index (κ3) is 3.50. The van der Waals surface area contributed by atoms with E-state index in [1.165, 1.54) is 6.42 Å². The fourth-order valence-corrected chi connectivity index (χ4v) is 3.54. The van der Waals surface area contributed by atoms with Crippen LogP contribution in [0, 0.1) is 13.8 Å². The van der Waals surface area contributed by atoms with Crippen LogP contribution in [0.5, 0.6) is 0 Å². The van der Waals surface area contributed by atoms with Crippen molar-refractivity contribution in [1.29, 1.82) is 0 Å². The van der Waals surface area contributed by atoms with E-state index in [-0.39, 0.29) is 5.91 Å². The number of hydrogen-bond donors (Lipinski definition) is 1. The van der Waals surface area contributed by atoms with Gasteiger partial charge in [-0.1, -0.05) is 24.3 Å². The quantitative estimate of drug-likeness (QED) is 0.748. The van der Waals surface area contributed by atoms with E-state index < -0.39 is 0 Å². The van der Waals surface area contributed by atoms with Gasteiger partial charge in [0.1, 0.15) is 0 Å². The fourth-order valence-electron chi connectivity index (χ4n) is 3.54. The minimum absolute atomic E-state index is 0.206. The van der Waals surface area contributed by atoms with E-state index in [1.54, 1.807) is 0 Å². The average Bonchev–Trinajstić information content (AvgIpc) is 2.71. The molecule has 138 valence electrons. The van der Waals surface area contributed by atoms with Gasteiger partial charge in [0.25, 0.3) is 5.91 Å². The van der Waals surface area contributed by atoms with Crippen molar-refractivity contribution in [2.75, 3.05) is 23.3 Å². The molecule has 0 atom stereocenters. The first-order chi connectivity index (χ1) is 13.1. The Balaban J connectivity index is 1.76. The van der Waals surface area contributed by atoms with Gasteiger partial charge in [-0.3, -0.25) is 4.79 Å². The molecular weight excluding hydrogens is 336 g/mol. The van der Waals surface area contributed by atoms with E-state index >= 15 is 0 Å². The maximum absolute atomic E-state index is 13.1. The van der Waals surface area contributed by atoms with Gasteiger partial charge in [0.2, 0.25) is 0 Å². The lowest BCUT2D eigenvalue weighted by Crippen LogP contribution is -2.33. The van der Waals surface area contributed by atoms with Crippen molar-refractivity contribution >= 4 is 28.4 Å². The Labute approximate surface area is 159 Å². The second-order valence-corrected chi connectivity index (χ2v) is 7.13. The number of aromatic nitrogens is 2. The van der Waals surface area contributed by atoms with Gasteiger partial charge in [-0.25, -0.2) is 9.97 Å². The molecule has 1 aromatic heterocycles. The number of benzene rings is 2. The van der Waals surface area contributed by atoms with Crippen molar-refractivity contribution in [2.24, 2.45) is 0 Å². The van der Waals surface area contributed by atoms with Crippen LogP contribution in [-0.2, 0) is 0 Å². The van der Waals surface area contributed by atoms with Gasteiger partial charge < -0.3 is 10.2 Å². The van der Waals surface area contributed by atoms with Crippen LogP contribution < -0.4 is 10.2 Å². The first-order valence-electron chi connectivity index (χ1n) is 9.53. The summed E-state index contributed by atoms with van der Waals surface area (Å²) in [6.45, 7) is 5.89. The van der Waals surface area contributed by atoms with E-state index in [0.29, 0.717) is 11.5 Å². The fraction of sp³-hybridized carbons (Fsp3) is 0.318. The summed E-state index contributed by atoms with van der Waals surface area (Å²) in [4.78, 5) is 24.8. The summed E-state index contributed by atoms with van der Waals surface area (Å²) in [7, 11) is 0. The summed E-state index contributed by atoms with van der Waals surface area (Å²) in [5.41, 5.74) is 4.99. The molecule has 1 amide bonds. The van der Waals surface area contributed by atoms with Gasteiger partial charge >= 0.3 is 0 Å². The number of nitrogens with zero attached hydrogens (tertiary/aromatic N) is 3. The Bertz CT molecular complexity index is 993. The molecule has 3 aromatic rings. The van der Waals surface area contributed by atoms with Gasteiger partial charge in [-0.15, -0.1) is 0 Å². The van der Waals surface area contributed by atoms with Crippen LogP contribution >= 0.6 is 0 Å². The van der Waals surface area contributed by atoms with Crippen molar-refractivity contribution in [1.82, 2.24) is 9.97 Å². The number of rotatable bonds is 3. The van der Waals surface area contributed by atoms with Crippen molar-refractivity contribution in [2.45, 2.75) is 33.1 Å². The molecule has 0 aliphatic carbocycles. The van der Waals surface area contributed by atoms with Crippen molar-refractivity contribution in [3.05, 3.63) is 59.3 Å². The minimum Gasteiger partial charge on any atom is -0.355 e. The zero-order valence-electron chi connectivity index (χ0n) is 15.8. The Morgan fingerprint density at radius 1 is 0.926 bits per heavy atom. The number of nitrogens with one attached hydrogen (secondary N) is 1. The van der Waals surface area contributed by atoms with Gasteiger partial charge in [0.05, 0.1) is 11.0 Å². The number of anilines is 2. The molecule has 2 aromatic carbocycles. The SMILES string of the molecule is Cc1cccc(NC(=O)c2nc3ccccc3nc2N2CCCCC2)c1C. The monoisotopic (exact) mass is 360 g/mol. The number of piperidine rings is 1. The zero-order valence-corrected chi connectivity index (χ0v) is 15.8. The maximum atomic E-state index is 13.1. The number of fused-ring (bicyclic) bond motifs is 1. The smallest absolute Gasteiger partial charge is 0.278 e. The summed E-state index contributed by atoms with van der Waals surface area (Å²) in [5.74, 6) is 0.485. The lowest BCUT2D eigenvalue weighted by molar-refractivity contribution is 0.102. The summed E-state index contributed by atoms with van der Waals surface area (Å²) >= 11 is 0. The lowest BCUT2D eigenvalue weighted by Gasteiger charge is -2.29. The molecule has 0 bridgehead atoms. The van der Waals surface area contributed by atoms with Crippen LogP contribution in [0.1, 0.15) is 40.9 Å². The molecule has 4 rings (SSSR count). The largest absolute Gasteiger partial charge is 0.355 e. The Morgan fingerprint density at radius 2 is 1.63 bits per heavy atom. The Hall–Kier alpha value is -2.95. The van der Waals surface area contributed by atoms with Gasteiger partial charge in [0, 0.05) is 18.8 Å². The number of carbonyl (C=O) groups is 1. The molecule has 2 heterocycles. The third-order valence-corrected chi connectivity index (χ3v) is 5.28. The molecule has 0 spiro atoms. The van der Waals surface area contributed by atoms with Gasteiger partial charge in [-0.05, 0) is 62.4 Å². The standard InChI is InChI=1S/C22H24N4O/c1-15-9-8-12-17(16(15)2)25-22(27)20-21(26-13-6-3-7-14-26)24-19-11-5-4-10-18(19)23-20/h4-5,8-12H,3,6-7,13-14H2,1-2H3,(H,25,27). The molecule has 0 unspecified atom stereocenters. The minimum atomic E-state index is -0.206. The molecule has 1 N–H and O–H groups in total. The van der Waals surface area contributed by atoms with Crippen LogP contribution in [0.3, 0.4) is 0 Å². The van der Waals surface area contributed by atoms with E-state index in [0.717, 1.165) is 53.8 Å². The Morgan fingerprint density at radius 3 is 2.37 bits per heavy atom. The molecule has 0 radical (unpaired) electrons. The van der Waals surface area contributed by atoms with E-state index in [4.69, 9.17) is 4.98 Å². The molecule has 1 saturated heterocycles. The predicted octanol–water partition coefficient (Wildman–Crippen LogP) is 4.49. The topological polar surface area (TPSA) is 58.1 Å². The van der Waals surface area contributed by atoms with Crippen molar-refractivity contribution in [3.8, 4) is 0 Å². The van der Waals surface area contributed by atoms with E-state index in [1.807, 2.05) is 56.3 Å². The van der Waals surface area contributed by atoms with Crippen LogP contribution in [0.15, 0.2) is 42.5 Å². The van der Waals surface area contributed by atoms with E-state index in [9.17, 15) is 4.79 Å². The predicted molar refractivity (Wildman–Crippen MR) is 109 cm³/mol. The average molecular weight is 360 g/mol. The molecular formula is C22H24N4O. The number of aryl methyl sites for hydroxylation is 1. The van der Waals surface area contributed by atoms with Crippen molar-refractivity contribution < 1.29 is 4.79 Å². The second-order valence-electron chi connectivity index (χ2n) is 7.13. The molecule has 1 aliphatic rings. The van der Waals surface area contributed by atoms with Crippen LogP contribution in [-0.4, -0.2) is 29.0 Å². The number of carbonyl (C=O) groups excluding carboxylic acids is 1. The second kappa shape index (κ2) is 7.35. The maximum Gasteiger partial charge on any atom is 0.278 e. The third-order valence-electron chi connectivity index (χ3n) is 5.28. The van der Waals surface area contributed by atoms with Crippen molar-refractivity contribution in [3.63, 3.8) is 0 Å². The number of hydrogen-bond acceptors (Lipinski definition) is 4. The van der Waals surface area contributed by atoms with Crippen LogP contribution in [0.4, 0.5) is 11.5 Å². The zero-order chi connectivity index (χ0) is 18.8. The lowest BCUT2D eigenvalue weighted by atomic mass is 10.1. The van der Waals surface area contributed by atoms with E-state index in [2.05, 4.69) is 15.2 Å². The molecule has 1 fully saturated rings. The first-order valence-corrected chi connectivity index (χ1v) is 9.53. The van der Waals surface area contributed by atoms with Crippen LogP contribution in [0.2, 0.25) is 0 Å². The highest BCUT2D eigenvalue weighted by Gasteiger charge is 2.23. The first kappa shape index (κ1) is 17.5. The highest BCUT2D eigenvalue weighted by atomic mass is 16.1. The number of amides is 1. The molecule has 1 aliphatic heterocycles. The molecule has 0 saturated carbocycles. The number of para-hydroxylation sites is 2.